The van der Waals surface area contributed by atoms with Gasteiger partial charge in [-0.1, -0.05) is 11.6 Å². The highest BCUT2D eigenvalue weighted by molar-refractivity contribution is 7.09. The highest BCUT2D eigenvalue weighted by Gasteiger charge is 2.13. The molecule has 1 N–H and O–H groups in total. The molecule has 84 valence electrons. The van der Waals surface area contributed by atoms with Gasteiger partial charge in [0.25, 0.3) is 0 Å². The van der Waals surface area contributed by atoms with Crippen LogP contribution in [0.15, 0.2) is 23.8 Å². The van der Waals surface area contributed by atoms with E-state index in [9.17, 15) is 5.11 Å². The molecule has 0 aliphatic heterocycles. The molecule has 0 radical (unpaired) electrons. The SMILES string of the molecule is Cc1csc(C(O)Cc2ccncc2Cl)n1. The van der Waals surface area contributed by atoms with Crippen LogP contribution in [0.5, 0.6) is 0 Å². The number of nitrogens with zero attached hydrogens (tertiary/aromatic N) is 2. The van der Waals surface area contributed by atoms with Crippen LogP contribution in [0.25, 0.3) is 0 Å². The molecule has 1 atom stereocenters. The number of rotatable bonds is 3. The molecule has 0 fully saturated rings. The number of halogens is 1. The standard InChI is InChI=1S/C11H11ClN2OS/c1-7-6-16-11(14-7)10(15)4-8-2-3-13-5-9(8)12/h2-3,5-6,10,15H,4H2,1H3. The van der Waals surface area contributed by atoms with Gasteiger partial charge in [0, 0.05) is 29.9 Å². The van der Waals surface area contributed by atoms with Crippen molar-refractivity contribution in [2.24, 2.45) is 0 Å². The topological polar surface area (TPSA) is 46.0 Å². The second-order valence-electron chi connectivity index (χ2n) is 3.51. The first-order chi connectivity index (χ1) is 7.66. The molecule has 0 bridgehead atoms. The summed E-state index contributed by atoms with van der Waals surface area (Å²) in [5.74, 6) is 0. The van der Waals surface area contributed by atoms with E-state index >= 15 is 0 Å². The predicted molar refractivity (Wildman–Crippen MR) is 64.8 cm³/mol. The average molecular weight is 255 g/mol. The van der Waals surface area contributed by atoms with Crippen LogP contribution in [0.2, 0.25) is 5.02 Å². The summed E-state index contributed by atoms with van der Waals surface area (Å²) in [7, 11) is 0. The van der Waals surface area contributed by atoms with E-state index in [0.717, 1.165) is 16.3 Å². The summed E-state index contributed by atoms with van der Waals surface area (Å²) in [4.78, 5) is 8.15. The third-order valence-corrected chi connectivity index (χ3v) is 3.60. The largest absolute Gasteiger partial charge is 0.386 e. The lowest BCUT2D eigenvalue weighted by Crippen LogP contribution is -2.02. The van der Waals surface area contributed by atoms with Crippen molar-refractivity contribution in [3.05, 3.63) is 45.1 Å². The Balaban J connectivity index is 2.13. The van der Waals surface area contributed by atoms with E-state index in [0.29, 0.717) is 11.4 Å². The Morgan fingerprint density at radius 1 is 1.56 bits per heavy atom. The van der Waals surface area contributed by atoms with E-state index in [4.69, 9.17) is 11.6 Å². The molecular weight excluding hydrogens is 244 g/mol. The Bertz CT molecular complexity index is 486. The van der Waals surface area contributed by atoms with Gasteiger partial charge in [-0.05, 0) is 18.6 Å². The van der Waals surface area contributed by atoms with Crippen LogP contribution in [0.3, 0.4) is 0 Å². The molecular formula is C11H11ClN2OS. The Hall–Kier alpha value is -0.970. The van der Waals surface area contributed by atoms with Crippen molar-refractivity contribution in [1.29, 1.82) is 0 Å². The zero-order valence-corrected chi connectivity index (χ0v) is 10.3. The molecule has 0 aliphatic carbocycles. The number of aliphatic hydroxyl groups is 1. The molecule has 0 aromatic carbocycles. The quantitative estimate of drug-likeness (QED) is 0.916. The third-order valence-electron chi connectivity index (χ3n) is 2.19. The number of pyridine rings is 1. The van der Waals surface area contributed by atoms with Crippen molar-refractivity contribution in [2.75, 3.05) is 0 Å². The molecule has 3 nitrogen and oxygen atoms in total. The third kappa shape index (κ3) is 2.58. The smallest absolute Gasteiger partial charge is 0.122 e. The second-order valence-corrected chi connectivity index (χ2v) is 4.81. The van der Waals surface area contributed by atoms with Gasteiger partial charge < -0.3 is 5.11 Å². The number of hydrogen-bond donors (Lipinski definition) is 1. The summed E-state index contributed by atoms with van der Waals surface area (Å²) in [6.07, 6.45) is 3.12. The van der Waals surface area contributed by atoms with Gasteiger partial charge in [0.05, 0.1) is 5.02 Å². The van der Waals surface area contributed by atoms with Gasteiger partial charge in [0.1, 0.15) is 11.1 Å². The summed E-state index contributed by atoms with van der Waals surface area (Å²) >= 11 is 7.43. The molecule has 1 unspecified atom stereocenters. The lowest BCUT2D eigenvalue weighted by atomic mass is 10.1. The zero-order chi connectivity index (χ0) is 11.5. The minimum absolute atomic E-state index is 0.467. The second kappa shape index (κ2) is 4.91. The minimum Gasteiger partial charge on any atom is -0.386 e. The van der Waals surface area contributed by atoms with Crippen LogP contribution < -0.4 is 0 Å². The first kappa shape index (κ1) is 11.5. The van der Waals surface area contributed by atoms with Crippen LogP contribution in [-0.2, 0) is 6.42 Å². The van der Waals surface area contributed by atoms with Gasteiger partial charge in [-0.25, -0.2) is 4.98 Å². The minimum atomic E-state index is -0.599. The van der Waals surface area contributed by atoms with Crippen LogP contribution in [-0.4, -0.2) is 15.1 Å². The van der Waals surface area contributed by atoms with Gasteiger partial charge in [0.15, 0.2) is 0 Å². The molecule has 0 spiro atoms. The highest BCUT2D eigenvalue weighted by Crippen LogP contribution is 2.24. The normalized spacial score (nSPS) is 12.7. The average Bonchev–Trinajstić information content (AvgIpc) is 2.68. The number of aryl methyl sites for hydroxylation is 1. The maximum absolute atomic E-state index is 9.98. The van der Waals surface area contributed by atoms with Gasteiger partial charge in [-0.15, -0.1) is 11.3 Å². The molecule has 2 aromatic heterocycles. The number of hydrogen-bond acceptors (Lipinski definition) is 4. The van der Waals surface area contributed by atoms with Gasteiger partial charge in [-0.2, -0.15) is 0 Å². The first-order valence-electron chi connectivity index (χ1n) is 4.85. The van der Waals surface area contributed by atoms with Crippen molar-refractivity contribution in [2.45, 2.75) is 19.4 Å². The fourth-order valence-corrected chi connectivity index (χ4v) is 2.37. The zero-order valence-electron chi connectivity index (χ0n) is 8.72. The monoisotopic (exact) mass is 254 g/mol. The summed E-state index contributed by atoms with van der Waals surface area (Å²) in [5.41, 5.74) is 1.82. The van der Waals surface area contributed by atoms with E-state index in [-0.39, 0.29) is 0 Å². The van der Waals surface area contributed by atoms with Crippen molar-refractivity contribution in [1.82, 2.24) is 9.97 Å². The van der Waals surface area contributed by atoms with Gasteiger partial charge >= 0.3 is 0 Å². The van der Waals surface area contributed by atoms with Crippen molar-refractivity contribution >= 4 is 22.9 Å². The number of aliphatic hydroxyl groups excluding tert-OH is 1. The molecule has 2 heterocycles. The first-order valence-corrected chi connectivity index (χ1v) is 6.11. The van der Waals surface area contributed by atoms with Gasteiger partial charge in [0.2, 0.25) is 0 Å². The summed E-state index contributed by atoms with van der Waals surface area (Å²) in [6.45, 7) is 1.91. The summed E-state index contributed by atoms with van der Waals surface area (Å²) in [5, 5.41) is 13.2. The maximum Gasteiger partial charge on any atom is 0.122 e. The molecule has 5 heteroatoms. The highest BCUT2D eigenvalue weighted by atomic mass is 35.5. The van der Waals surface area contributed by atoms with E-state index in [2.05, 4.69) is 9.97 Å². The van der Waals surface area contributed by atoms with Crippen LogP contribution in [0.1, 0.15) is 22.4 Å². The lowest BCUT2D eigenvalue weighted by molar-refractivity contribution is 0.178. The Morgan fingerprint density at radius 2 is 2.38 bits per heavy atom. The number of thiazole rings is 1. The van der Waals surface area contributed by atoms with Crippen molar-refractivity contribution in [3.8, 4) is 0 Å². The Morgan fingerprint density at radius 3 is 3.00 bits per heavy atom. The van der Waals surface area contributed by atoms with E-state index in [1.54, 1.807) is 12.4 Å². The summed E-state index contributed by atoms with van der Waals surface area (Å²) in [6, 6.07) is 1.81. The Labute approximate surface area is 103 Å². The molecule has 2 rings (SSSR count). The van der Waals surface area contributed by atoms with E-state index in [1.807, 2.05) is 18.4 Å². The lowest BCUT2D eigenvalue weighted by Gasteiger charge is -2.08. The molecule has 0 saturated carbocycles. The van der Waals surface area contributed by atoms with Crippen LogP contribution in [0.4, 0.5) is 0 Å². The molecule has 0 amide bonds. The fourth-order valence-electron chi connectivity index (χ4n) is 1.39. The van der Waals surface area contributed by atoms with Crippen molar-refractivity contribution < 1.29 is 5.11 Å². The number of aromatic nitrogens is 2. The van der Waals surface area contributed by atoms with Gasteiger partial charge in [-0.3, -0.25) is 4.98 Å². The van der Waals surface area contributed by atoms with Crippen LogP contribution >= 0.6 is 22.9 Å². The summed E-state index contributed by atoms with van der Waals surface area (Å²) < 4.78 is 0. The molecule has 0 aliphatic rings. The molecule has 2 aromatic rings. The predicted octanol–water partition coefficient (Wildman–Crippen LogP) is 2.78. The van der Waals surface area contributed by atoms with Crippen LogP contribution in [0, 0.1) is 6.92 Å². The maximum atomic E-state index is 9.98. The van der Waals surface area contributed by atoms with E-state index < -0.39 is 6.10 Å². The molecule has 16 heavy (non-hydrogen) atoms. The molecule has 0 saturated heterocycles. The van der Waals surface area contributed by atoms with E-state index in [1.165, 1.54) is 11.3 Å². The Kier molecular flexibility index (Phi) is 3.53. The van der Waals surface area contributed by atoms with Crippen molar-refractivity contribution in [3.63, 3.8) is 0 Å². The fraction of sp³-hybridized carbons (Fsp3) is 0.273.